The molecule has 0 aliphatic rings. The lowest BCUT2D eigenvalue weighted by atomic mass is 10.2. The summed E-state index contributed by atoms with van der Waals surface area (Å²) >= 11 is 1.74. The summed E-state index contributed by atoms with van der Waals surface area (Å²) in [4.78, 5) is 5.55. The molecule has 0 amide bonds. The van der Waals surface area contributed by atoms with Crippen LogP contribution in [-0.2, 0) is 6.54 Å². The van der Waals surface area contributed by atoms with Crippen LogP contribution < -0.4 is 5.73 Å². The van der Waals surface area contributed by atoms with Crippen LogP contribution in [0.15, 0.2) is 42.0 Å². The molecule has 3 aromatic heterocycles. The van der Waals surface area contributed by atoms with Gasteiger partial charge in [0.05, 0.1) is 18.3 Å². The van der Waals surface area contributed by atoms with Crippen LogP contribution >= 0.6 is 11.3 Å². The van der Waals surface area contributed by atoms with Crippen molar-refractivity contribution >= 4 is 16.9 Å². The first-order valence-corrected chi connectivity index (χ1v) is 5.96. The van der Waals surface area contributed by atoms with Crippen molar-refractivity contribution < 1.29 is 0 Å². The number of aromatic nitrogens is 2. The first-order chi connectivity index (χ1) is 7.88. The molecular formula is C12H11N3S. The molecule has 0 fully saturated rings. The third kappa shape index (κ3) is 1.43. The van der Waals surface area contributed by atoms with Crippen molar-refractivity contribution in [1.82, 2.24) is 9.38 Å². The molecule has 16 heavy (non-hydrogen) atoms. The van der Waals surface area contributed by atoms with Gasteiger partial charge in [0.15, 0.2) is 0 Å². The molecule has 0 bridgehead atoms. The summed E-state index contributed by atoms with van der Waals surface area (Å²) in [5.74, 6) is 0.896. The van der Waals surface area contributed by atoms with E-state index in [9.17, 15) is 0 Å². The molecule has 2 N–H and O–H groups in total. The molecule has 3 aromatic rings. The normalized spacial score (nSPS) is 11.1. The molecule has 3 heterocycles. The summed E-state index contributed by atoms with van der Waals surface area (Å²) in [5, 5.41) is 2.08. The van der Waals surface area contributed by atoms with Crippen molar-refractivity contribution in [2.75, 3.05) is 0 Å². The molecule has 0 unspecified atom stereocenters. The van der Waals surface area contributed by atoms with Gasteiger partial charge in [0.1, 0.15) is 5.82 Å². The number of hydrogen-bond acceptors (Lipinski definition) is 3. The van der Waals surface area contributed by atoms with E-state index in [-0.39, 0.29) is 0 Å². The topological polar surface area (TPSA) is 43.3 Å². The maximum absolute atomic E-state index is 5.61. The van der Waals surface area contributed by atoms with Crippen molar-refractivity contribution in [2.24, 2.45) is 5.73 Å². The average molecular weight is 229 g/mol. The number of hydrogen-bond donors (Lipinski definition) is 1. The molecule has 0 saturated carbocycles. The summed E-state index contributed by atoms with van der Waals surface area (Å²) < 4.78 is 2.02. The van der Waals surface area contributed by atoms with Crippen LogP contribution in [0.2, 0.25) is 0 Å². The van der Waals surface area contributed by atoms with Gasteiger partial charge in [-0.25, -0.2) is 4.98 Å². The number of rotatable bonds is 2. The lowest BCUT2D eigenvalue weighted by Gasteiger charge is -2.01. The highest BCUT2D eigenvalue weighted by atomic mass is 32.1. The van der Waals surface area contributed by atoms with Crippen LogP contribution in [0, 0.1) is 0 Å². The molecule has 0 radical (unpaired) electrons. The third-order valence-electron chi connectivity index (χ3n) is 2.60. The number of pyridine rings is 1. The highest BCUT2D eigenvalue weighted by Crippen LogP contribution is 2.25. The van der Waals surface area contributed by atoms with Crippen molar-refractivity contribution in [2.45, 2.75) is 6.54 Å². The predicted octanol–water partition coefficient (Wildman–Crippen LogP) is 2.52. The lowest BCUT2D eigenvalue weighted by molar-refractivity contribution is 0.904. The van der Waals surface area contributed by atoms with Gasteiger partial charge >= 0.3 is 0 Å². The first kappa shape index (κ1) is 9.57. The molecule has 0 aliphatic heterocycles. The van der Waals surface area contributed by atoms with Crippen LogP contribution in [0.1, 0.15) is 5.82 Å². The van der Waals surface area contributed by atoms with E-state index in [1.807, 2.05) is 16.8 Å². The molecule has 0 aromatic carbocycles. The van der Waals surface area contributed by atoms with Crippen molar-refractivity contribution in [3.63, 3.8) is 0 Å². The van der Waals surface area contributed by atoms with E-state index in [0.29, 0.717) is 6.54 Å². The number of thiophene rings is 1. The standard InChI is InChI=1S/C12H11N3S/c13-7-12-14-8-10-6-9(3-4-15(10)12)11-2-1-5-16-11/h1-6,8H,7,13H2. The van der Waals surface area contributed by atoms with E-state index >= 15 is 0 Å². The summed E-state index contributed by atoms with van der Waals surface area (Å²) in [5.41, 5.74) is 7.93. The van der Waals surface area contributed by atoms with Gasteiger partial charge in [-0.15, -0.1) is 11.3 Å². The summed E-state index contributed by atoms with van der Waals surface area (Å²) in [6, 6.07) is 8.42. The van der Waals surface area contributed by atoms with E-state index in [4.69, 9.17) is 5.73 Å². The van der Waals surface area contributed by atoms with Crippen LogP contribution in [-0.4, -0.2) is 9.38 Å². The Morgan fingerprint density at radius 3 is 3.06 bits per heavy atom. The van der Waals surface area contributed by atoms with Crippen LogP contribution in [0.5, 0.6) is 0 Å². The smallest absolute Gasteiger partial charge is 0.127 e. The molecule has 0 spiro atoms. The second kappa shape index (κ2) is 3.73. The van der Waals surface area contributed by atoms with Crippen LogP contribution in [0.3, 0.4) is 0 Å². The van der Waals surface area contributed by atoms with Gasteiger partial charge in [0.2, 0.25) is 0 Å². The van der Waals surface area contributed by atoms with E-state index in [1.165, 1.54) is 10.4 Å². The minimum Gasteiger partial charge on any atom is -0.324 e. The molecular weight excluding hydrogens is 218 g/mol. The Balaban J connectivity index is 2.17. The summed E-state index contributed by atoms with van der Waals surface area (Å²) in [7, 11) is 0. The zero-order valence-electron chi connectivity index (χ0n) is 8.63. The minimum absolute atomic E-state index is 0.465. The van der Waals surface area contributed by atoms with E-state index in [0.717, 1.165) is 11.3 Å². The van der Waals surface area contributed by atoms with Gasteiger partial charge in [0, 0.05) is 11.1 Å². The SMILES string of the molecule is NCc1ncc2cc(-c3cccs3)ccn12. The largest absolute Gasteiger partial charge is 0.324 e. The average Bonchev–Trinajstić information content (AvgIpc) is 2.97. The Bertz CT molecular complexity index is 610. The van der Waals surface area contributed by atoms with Crippen molar-refractivity contribution in [1.29, 1.82) is 0 Å². The van der Waals surface area contributed by atoms with Gasteiger partial charge in [-0.2, -0.15) is 0 Å². The number of imidazole rings is 1. The molecule has 80 valence electrons. The molecule has 0 atom stereocenters. The van der Waals surface area contributed by atoms with E-state index in [1.54, 1.807) is 11.3 Å². The summed E-state index contributed by atoms with van der Waals surface area (Å²) in [6.45, 7) is 0.465. The maximum Gasteiger partial charge on any atom is 0.127 e. The summed E-state index contributed by atoms with van der Waals surface area (Å²) in [6.07, 6.45) is 3.89. The zero-order chi connectivity index (χ0) is 11.0. The predicted molar refractivity (Wildman–Crippen MR) is 66.4 cm³/mol. The maximum atomic E-state index is 5.61. The van der Waals surface area contributed by atoms with E-state index < -0.39 is 0 Å². The highest BCUT2D eigenvalue weighted by Gasteiger charge is 2.04. The third-order valence-corrected chi connectivity index (χ3v) is 3.52. The molecule has 3 nitrogen and oxygen atoms in total. The minimum atomic E-state index is 0.465. The van der Waals surface area contributed by atoms with Gasteiger partial charge in [0.25, 0.3) is 0 Å². The quantitative estimate of drug-likeness (QED) is 0.733. The Kier molecular flexibility index (Phi) is 2.23. The fraction of sp³-hybridized carbons (Fsp3) is 0.0833. The number of nitrogens with two attached hydrogens (primary N) is 1. The Labute approximate surface area is 97.2 Å². The Morgan fingerprint density at radius 2 is 2.31 bits per heavy atom. The van der Waals surface area contributed by atoms with Crippen molar-refractivity contribution in [3.05, 3.63) is 47.9 Å². The Hall–Kier alpha value is -1.65. The van der Waals surface area contributed by atoms with Crippen LogP contribution in [0.25, 0.3) is 16.0 Å². The van der Waals surface area contributed by atoms with Crippen LogP contribution in [0.4, 0.5) is 0 Å². The van der Waals surface area contributed by atoms with Gasteiger partial charge in [-0.3, -0.25) is 0 Å². The Morgan fingerprint density at radius 1 is 1.38 bits per heavy atom. The second-order valence-electron chi connectivity index (χ2n) is 3.57. The monoisotopic (exact) mass is 229 g/mol. The lowest BCUT2D eigenvalue weighted by Crippen LogP contribution is -2.02. The fourth-order valence-corrected chi connectivity index (χ4v) is 2.53. The van der Waals surface area contributed by atoms with E-state index in [2.05, 4.69) is 34.6 Å². The van der Waals surface area contributed by atoms with Gasteiger partial charge in [-0.05, 0) is 29.1 Å². The fourth-order valence-electron chi connectivity index (χ4n) is 1.80. The van der Waals surface area contributed by atoms with Crippen molar-refractivity contribution in [3.8, 4) is 10.4 Å². The second-order valence-corrected chi connectivity index (χ2v) is 4.51. The number of nitrogens with zero attached hydrogens (tertiary/aromatic N) is 2. The first-order valence-electron chi connectivity index (χ1n) is 5.08. The number of fused-ring (bicyclic) bond motifs is 1. The molecule has 0 aliphatic carbocycles. The molecule has 4 heteroatoms. The van der Waals surface area contributed by atoms with Gasteiger partial charge < -0.3 is 10.1 Å². The molecule has 0 saturated heterocycles. The highest BCUT2D eigenvalue weighted by molar-refractivity contribution is 7.13. The molecule has 3 rings (SSSR count). The zero-order valence-corrected chi connectivity index (χ0v) is 9.45. The van der Waals surface area contributed by atoms with Gasteiger partial charge in [-0.1, -0.05) is 6.07 Å².